The molecule has 2 atom stereocenters. The third-order valence-corrected chi connectivity index (χ3v) is 5.93. The summed E-state index contributed by atoms with van der Waals surface area (Å²) in [6, 6.07) is 14.2. The van der Waals surface area contributed by atoms with Crippen molar-refractivity contribution in [3.05, 3.63) is 59.9 Å². The Balaban J connectivity index is 0.00000182. The normalized spacial score (nSPS) is 24.4. The van der Waals surface area contributed by atoms with Gasteiger partial charge in [0.25, 0.3) is 0 Å². The molecule has 1 saturated heterocycles. The lowest BCUT2D eigenvalue weighted by atomic mass is 9.62. The van der Waals surface area contributed by atoms with Crippen molar-refractivity contribution in [2.45, 2.75) is 38.3 Å². The zero-order valence-electron chi connectivity index (χ0n) is 16.4. The van der Waals surface area contributed by atoms with Crippen LogP contribution in [0.1, 0.15) is 31.5 Å². The number of hydrogen-bond donors (Lipinski definition) is 1. The summed E-state index contributed by atoms with van der Waals surface area (Å²) in [5.41, 5.74) is 0.746. The van der Waals surface area contributed by atoms with Crippen molar-refractivity contribution in [1.29, 1.82) is 0 Å². The first-order valence-corrected chi connectivity index (χ1v) is 8.85. The summed E-state index contributed by atoms with van der Waals surface area (Å²) in [6.45, 7) is 5.16. The monoisotopic (exact) mass is 412 g/mol. The van der Waals surface area contributed by atoms with Crippen LogP contribution in [0.3, 0.4) is 0 Å². The van der Waals surface area contributed by atoms with Crippen LogP contribution in [-0.4, -0.2) is 41.7 Å². The van der Waals surface area contributed by atoms with Gasteiger partial charge in [0.15, 0.2) is 0 Å². The van der Waals surface area contributed by atoms with Crippen LogP contribution in [-0.2, 0) is 12.0 Å². The number of aliphatic hydroxyl groups is 1. The van der Waals surface area contributed by atoms with Gasteiger partial charge in [0.2, 0.25) is 0 Å². The van der Waals surface area contributed by atoms with E-state index in [4.69, 9.17) is 4.74 Å². The third kappa shape index (κ3) is 4.40. The number of hydrogen-bond acceptors (Lipinski definition) is 4. The van der Waals surface area contributed by atoms with Crippen LogP contribution in [0.5, 0.6) is 5.75 Å². The number of rotatable bonds is 4. The van der Waals surface area contributed by atoms with E-state index in [1.165, 1.54) is 5.56 Å². The van der Waals surface area contributed by atoms with Crippen molar-refractivity contribution in [2.75, 3.05) is 20.7 Å². The predicted molar refractivity (Wildman–Crippen MR) is 114 cm³/mol. The molecule has 1 aliphatic rings. The summed E-state index contributed by atoms with van der Waals surface area (Å²) < 4.78 is 5.25. The van der Waals surface area contributed by atoms with Gasteiger partial charge in [0.05, 0.1) is 12.8 Å². The number of benzene rings is 1. The third-order valence-electron chi connectivity index (χ3n) is 5.93. The lowest BCUT2D eigenvalue weighted by Crippen LogP contribution is -2.61. The van der Waals surface area contributed by atoms with E-state index in [-0.39, 0.29) is 36.3 Å². The quantitative estimate of drug-likeness (QED) is 0.820. The summed E-state index contributed by atoms with van der Waals surface area (Å²) in [5, 5.41) is 11.6. The fraction of sp³-hybridized carbons (Fsp3) is 0.476. The average molecular weight is 413 g/mol. The Hall–Kier alpha value is -1.33. The molecule has 2 aromatic rings. The van der Waals surface area contributed by atoms with Crippen molar-refractivity contribution in [3.63, 3.8) is 0 Å². The number of pyridine rings is 1. The highest BCUT2D eigenvalue weighted by molar-refractivity contribution is 5.85. The first-order chi connectivity index (χ1) is 11.9. The molecular weight excluding hydrogens is 383 g/mol. The number of ether oxygens (including phenoxy) is 1. The molecule has 27 heavy (non-hydrogen) atoms. The predicted octanol–water partition coefficient (Wildman–Crippen LogP) is 4.09. The van der Waals surface area contributed by atoms with Gasteiger partial charge in [-0.15, -0.1) is 24.8 Å². The molecule has 0 radical (unpaired) electrons. The molecule has 0 spiro atoms. The molecule has 1 aromatic heterocycles. The molecular formula is C21H30Cl2N2O2. The lowest BCUT2D eigenvalue weighted by Gasteiger charge is -2.54. The van der Waals surface area contributed by atoms with Gasteiger partial charge in [-0.3, -0.25) is 4.98 Å². The highest BCUT2D eigenvalue weighted by Crippen LogP contribution is 2.49. The Labute approximate surface area is 174 Å². The van der Waals surface area contributed by atoms with Crippen LogP contribution >= 0.6 is 24.8 Å². The Bertz CT molecular complexity index is 710. The number of piperidine rings is 1. The smallest absolute Gasteiger partial charge is 0.118 e. The second-order valence-electron chi connectivity index (χ2n) is 7.60. The van der Waals surface area contributed by atoms with Crippen LogP contribution < -0.4 is 4.74 Å². The van der Waals surface area contributed by atoms with E-state index < -0.39 is 5.60 Å². The van der Waals surface area contributed by atoms with Gasteiger partial charge in [-0.05, 0) is 49.7 Å². The van der Waals surface area contributed by atoms with Gasteiger partial charge in [-0.2, -0.15) is 0 Å². The van der Waals surface area contributed by atoms with E-state index in [2.05, 4.69) is 42.9 Å². The molecule has 1 aliphatic heterocycles. The van der Waals surface area contributed by atoms with Crippen molar-refractivity contribution in [1.82, 2.24) is 9.88 Å². The summed E-state index contributed by atoms with van der Waals surface area (Å²) in [6.07, 6.45) is 3.33. The van der Waals surface area contributed by atoms with Crippen molar-refractivity contribution >= 4 is 24.8 Å². The Morgan fingerprint density at radius 1 is 1.15 bits per heavy atom. The zero-order chi connectivity index (χ0) is 18.1. The molecule has 6 heteroatoms. The second kappa shape index (κ2) is 9.24. The maximum atomic E-state index is 11.6. The van der Waals surface area contributed by atoms with E-state index in [1.54, 1.807) is 13.3 Å². The number of methoxy groups -OCH3 is 1. The van der Waals surface area contributed by atoms with Crippen LogP contribution in [0, 0.1) is 5.41 Å². The Morgan fingerprint density at radius 2 is 1.81 bits per heavy atom. The maximum Gasteiger partial charge on any atom is 0.118 e. The number of aromatic nitrogens is 1. The number of likely N-dealkylation sites (tertiary alicyclic amines) is 1. The molecule has 4 nitrogen and oxygen atoms in total. The van der Waals surface area contributed by atoms with Gasteiger partial charge >= 0.3 is 0 Å². The van der Waals surface area contributed by atoms with Gasteiger partial charge in [-0.1, -0.05) is 32.0 Å². The van der Waals surface area contributed by atoms with Crippen LogP contribution in [0.15, 0.2) is 48.7 Å². The van der Waals surface area contributed by atoms with Gasteiger partial charge in [0, 0.05) is 24.2 Å². The molecule has 1 aromatic carbocycles. The van der Waals surface area contributed by atoms with Gasteiger partial charge in [-0.25, -0.2) is 0 Å². The molecule has 2 unspecified atom stereocenters. The molecule has 0 bridgehead atoms. The number of nitrogens with zero attached hydrogens (tertiary/aromatic N) is 2. The molecule has 1 fully saturated rings. The Morgan fingerprint density at radius 3 is 2.37 bits per heavy atom. The SMILES string of the molecule is COc1ccc(CC2N(C)CCC(O)(c3ccccn3)C2(C)C)cc1.Cl.Cl. The molecule has 1 N–H and O–H groups in total. The first kappa shape index (κ1) is 23.7. The van der Waals surface area contributed by atoms with Crippen molar-refractivity contribution in [2.24, 2.45) is 5.41 Å². The second-order valence-corrected chi connectivity index (χ2v) is 7.60. The van der Waals surface area contributed by atoms with Crippen molar-refractivity contribution in [3.8, 4) is 5.75 Å². The minimum atomic E-state index is -0.933. The molecule has 2 heterocycles. The highest BCUT2D eigenvalue weighted by Gasteiger charge is 2.54. The van der Waals surface area contributed by atoms with E-state index in [1.807, 2.05) is 30.3 Å². The lowest BCUT2D eigenvalue weighted by molar-refractivity contribution is -0.153. The van der Waals surface area contributed by atoms with Gasteiger partial charge < -0.3 is 14.7 Å². The fourth-order valence-electron chi connectivity index (χ4n) is 4.10. The first-order valence-electron chi connectivity index (χ1n) is 8.85. The summed E-state index contributed by atoms with van der Waals surface area (Å²) >= 11 is 0. The summed E-state index contributed by atoms with van der Waals surface area (Å²) in [4.78, 5) is 6.84. The largest absolute Gasteiger partial charge is 0.497 e. The standard InChI is InChI=1S/C21H28N2O2.2ClH/c1-20(2)19(15-16-8-10-17(25-4)11-9-16)23(3)14-12-21(20,24)18-7-5-6-13-22-18;;/h5-11,13,19,24H,12,14-15H2,1-4H3;2*1H. The summed E-state index contributed by atoms with van der Waals surface area (Å²) in [5.74, 6) is 0.866. The van der Waals surface area contributed by atoms with Crippen molar-refractivity contribution < 1.29 is 9.84 Å². The molecule has 0 aliphatic carbocycles. The number of likely N-dealkylation sites (N-methyl/N-ethyl adjacent to an activating group) is 1. The van der Waals surface area contributed by atoms with E-state index in [0.29, 0.717) is 6.42 Å². The fourth-order valence-corrected chi connectivity index (χ4v) is 4.10. The average Bonchev–Trinajstić information content (AvgIpc) is 2.63. The van der Waals surface area contributed by atoms with Gasteiger partial charge in [0.1, 0.15) is 11.4 Å². The van der Waals surface area contributed by atoms with E-state index >= 15 is 0 Å². The van der Waals surface area contributed by atoms with Crippen LogP contribution in [0.25, 0.3) is 0 Å². The minimum absolute atomic E-state index is 0. The van der Waals surface area contributed by atoms with Crippen LogP contribution in [0.4, 0.5) is 0 Å². The molecule has 0 amide bonds. The molecule has 3 rings (SSSR count). The Kier molecular flexibility index (Phi) is 8.12. The van der Waals surface area contributed by atoms with Crippen LogP contribution in [0.2, 0.25) is 0 Å². The highest BCUT2D eigenvalue weighted by atomic mass is 35.5. The van der Waals surface area contributed by atoms with E-state index in [0.717, 1.165) is 24.4 Å². The molecule has 0 saturated carbocycles. The number of halogens is 2. The zero-order valence-corrected chi connectivity index (χ0v) is 18.0. The summed E-state index contributed by atoms with van der Waals surface area (Å²) in [7, 11) is 3.83. The minimum Gasteiger partial charge on any atom is -0.497 e. The molecule has 150 valence electrons. The topological polar surface area (TPSA) is 45.6 Å². The van der Waals surface area contributed by atoms with E-state index in [9.17, 15) is 5.11 Å². The maximum absolute atomic E-state index is 11.6.